The summed E-state index contributed by atoms with van der Waals surface area (Å²) in [6, 6.07) is 13.2. The van der Waals surface area contributed by atoms with Crippen LogP contribution in [0.4, 0.5) is 0 Å². The van der Waals surface area contributed by atoms with Gasteiger partial charge < -0.3 is 9.47 Å². The molecule has 0 aromatic heterocycles. The van der Waals surface area contributed by atoms with E-state index in [1.807, 2.05) is 42.5 Å². The summed E-state index contributed by atoms with van der Waals surface area (Å²) in [7, 11) is 0. The van der Waals surface area contributed by atoms with Crippen LogP contribution >= 0.6 is 0 Å². The predicted molar refractivity (Wildman–Crippen MR) is 116 cm³/mol. The first-order valence-electron chi connectivity index (χ1n) is 9.56. The highest BCUT2D eigenvalue weighted by molar-refractivity contribution is 6.14. The van der Waals surface area contributed by atoms with Crippen LogP contribution in [0.1, 0.15) is 32.8 Å². The Morgan fingerprint density at radius 2 is 1.31 bits per heavy atom. The summed E-state index contributed by atoms with van der Waals surface area (Å²) in [5, 5.41) is 2.87. The summed E-state index contributed by atoms with van der Waals surface area (Å²) in [6.45, 7) is 12.7. The fourth-order valence-electron chi connectivity index (χ4n) is 3.27. The lowest BCUT2D eigenvalue weighted by Crippen LogP contribution is -2.12. The Labute approximate surface area is 170 Å². The number of fused-ring (bicyclic) bond motifs is 2. The normalized spacial score (nSPS) is 10.7. The number of carbonyl (C=O) groups is 2. The number of hydrogen-bond donors (Lipinski definition) is 0. The third-order valence-corrected chi connectivity index (χ3v) is 4.64. The van der Waals surface area contributed by atoms with E-state index in [-0.39, 0.29) is 0 Å². The molecule has 0 spiro atoms. The molecular weight excluding hydrogens is 364 g/mol. The Hall–Kier alpha value is -3.40. The fraction of sp³-hybridized carbons (Fsp3) is 0.200. The Balaban J connectivity index is 2.44. The molecule has 0 amide bonds. The molecule has 0 N–H and O–H groups in total. The maximum absolute atomic E-state index is 12.4. The quantitative estimate of drug-likeness (QED) is 0.228. The third kappa shape index (κ3) is 3.92. The van der Waals surface area contributed by atoms with Gasteiger partial charge >= 0.3 is 11.9 Å². The van der Waals surface area contributed by atoms with Crippen LogP contribution in [0.3, 0.4) is 0 Å². The zero-order valence-corrected chi connectivity index (χ0v) is 17.0. The summed E-state index contributed by atoms with van der Waals surface area (Å²) in [5.41, 5.74) is 1.64. The lowest BCUT2D eigenvalue weighted by atomic mass is 9.95. The predicted octanol–water partition coefficient (Wildman–Crippen LogP) is 5.91. The van der Waals surface area contributed by atoms with Gasteiger partial charge in [-0.05, 0) is 25.8 Å². The molecule has 0 aliphatic carbocycles. The maximum atomic E-state index is 12.4. The summed E-state index contributed by atoms with van der Waals surface area (Å²) in [6.07, 6.45) is 1.71. The van der Waals surface area contributed by atoms with Crippen molar-refractivity contribution in [2.45, 2.75) is 33.6 Å². The second kappa shape index (κ2) is 8.31. The molecule has 3 aromatic carbocycles. The van der Waals surface area contributed by atoms with Gasteiger partial charge in [0.25, 0.3) is 0 Å². The van der Waals surface area contributed by atoms with Crippen LogP contribution in [0.2, 0.25) is 0 Å². The van der Waals surface area contributed by atoms with Crippen molar-refractivity contribution in [1.29, 1.82) is 0 Å². The van der Waals surface area contributed by atoms with Gasteiger partial charge in [0.1, 0.15) is 11.5 Å². The molecule has 29 heavy (non-hydrogen) atoms. The third-order valence-electron chi connectivity index (χ3n) is 4.64. The molecule has 0 unspecified atom stereocenters. The number of benzene rings is 3. The van der Waals surface area contributed by atoms with Crippen molar-refractivity contribution < 1.29 is 19.1 Å². The van der Waals surface area contributed by atoms with E-state index in [2.05, 4.69) is 20.1 Å². The lowest BCUT2D eigenvalue weighted by molar-refractivity contribution is -0.130. The van der Waals surface area contributed by atoms with Crippen molar-refractivity contribution in [3.8, 4) is 11.5 Å². The van der Waals surface area contributed by atoms with Crippen LogP contribution in [-0.2, 0) is 16.0 Å². The standard InChI is InChI=1S/C25H24O4/c1-6-10-17-11-9-14-20-21(17)23(29-25(27)16(4)5)19-13-8-7-12-18(19)22(20)28-24(26)15(2)3/h7-9,11-14H,2,4,6,10H2,1,3,5H3. The Morgan fingerprint density at radius 3 is 1.86 bits per heavy atom. The van der Waals surface area contributed by atoms with Gasteiger partial charge in [-0.25, -0.2) is 9.59 Å². The van der Waals surface area contributed by atoms with Crippen LogP contribution in [0.25, 0.3) is 21.5 Å². The highest BCUT2D eigenvalue weighted by Gasteiger charge is 2.22. The molecule has 4 heteroatoms. The zero-order valence-electron chi connectivity index (χ0n) is 17.0. The smallest absolute Gasteiger partial charge is 0.338 e. The molecule has 3 aromatic rings. The number of rotatable bonds is 6. The number of hydrogen-bond acceptors (Lipinski definition) is 4. The molecule has 4 nitrogen and oxygen atoms in total. The molecule has 0 aliphatic rings. The molecule has 0 saturated heterocycles. The van der Waals surface area contributed by atoms with Crippen LogP contribution in [-0.4, -0.2) is 11.9 Å². The van der Waals surface area contributed by atoms with E-state index in [4.69, 9.17) is 9.47 Å². The molecule has 0 aliphatic heterocycles. The van der Waals surface area contributed by atoms with Gasteiger partial charge in [-0.2, -0.15) is 0 Å². The molecule has 0 saturated carbocycles. The van der Waals surface area contributed by atoms with Gasteiger partial charge in [0.2, 0.25) is 0 Å². The number of esters is 2. The van der Waals surface area contributed by atoms with E-state index < -0.39 is 11.9 Å². The van der Waals surface area contributed by atoms with Gasteiger partial charge in [-0.3, -0.25) is 0 Å². The number of aryl methyl sites for hydroxylation is 1. The van der Waals surface area contributed by atoms with E-state index in [0.29, 0.717) is 38.8 Å². The highest BCUT2D eigenvalue weighted by Crippen LogP contribution is 2.44. The van der Waals surface area contributed by atoms with Crippen molar-refractivity contribution in [2.24, 2.45) is 0 Å². The average molecular weight is 388 g/mol. The Morgan fingerprint density at radius 1 is 0.793 bits per heavy atom. The minimum absolute atomic E-state index is 0.310. The first-order valence-corrected chi connectivity index (χ1v) is 9.56. The summed E-state index contributed by atoms with van der Waals surface area (Å²) in [5.74, 6) is -0.0853. The molecule has 0 atom stereocenters. The first-order chi connectivity index (χ1) is 13.8. The zero-order chi connectivity index (χ0) is 21.1. The van der Waals surface area contributed by atoms with Crippen molar-refractivity contribution >= 4 is 33.5 Å². The van der Waals surface area contributed by atoms with E-state index in [1.165, 1.54) is 0 Å². The summed E-state index contributed by atoms with van der Waals surface area (Å²) >= 11 is 0. The monoisotopic (exact) mass is 388 g/mol. The van der Waals surface area contributed by atoms with Crippen molar-refractivity contribution in [2.75, 3.05) is 0 Å². The SMILES string of the molecule is C=C(C)C(=O)Oc1c2ccccc2c(OC(=O)C(=C)C)c2c(CCC)cccc12. The van der Waals surface area contributed by atoms with Crippen molar-refractivity contribution in [3.05, 3.63) is 72.3 Å². The van der Waals surface area contributed by atoms with Gasteiger partial charge in [0.05, 0.1) is 0 Å². The molecule has 0 heterocycles. The first kappa shape index (κ1) is 20.3. The number of carbonyl (C=O) groups excluding carboxylic acids is 2. The Bertz CT molecular complexity index is 1150. The van der Waals surface area contributed by atoms with Gasteiger partial charge in [0, 0.05) is 32.7 Å². The van der Waals surface area contributed by atoms with Crippen LogP contribution in [0.15, 0.2) is 66.8 Å². The summed E-state index contributed by atoms with van der Waals surface area (Å²) in [4.78, 5) is 24.7. The second-order valence-corrected chi connectivity index (χ2v) is 7.13. The van der Waals surface area contributed by atoms with E-state index >= 15 is 0 Å². The molecule has 0 fully saturated rings. The highest BCUT2D eigenvalue weighted by atomic mass is 16.5. The topological polar surface area (TPSA) is 52.6 Å². The van der Waals surface area contributed by atoms with E-state index in [0.717, 1.165) is 23.8 Å². The maximum Gasteiger partial charge on any atom is 0.338 e. The van der Waals surface area contributed by atoms with Gasteiger partial charge in [-0.1, -0.05) is 69.0 Å². The van der Waals surface area contributed by atoms with Crippen molar-refractivity contribution in [3.63, 3.8) is 0 Å². The number of ether oxygens (including phenoxy) is 2. The summed E-state index contributed by atoms with van der Waals surface area (Å²) < 4.78 is 11.5. The van der Waals surface area contributed by atoms with Gasteiger partial charge in [0.15, 0.2) is 0 Å². The second-order valence-electron chi connectivity index (χ2n) is 7.13. The molecule has 148 valence electrons. The lowest BCUT2D eigenvalue weighted by Gasteiger charge is -2.18. The van der Waals surface area contributed by atoms with Crippen molar-refractivity contribution in [1.82, 2.24) is 0 Å². The minimum atomic E-state index is -0.496. The fourth-order valence-corrected chi connectivity index (χ4v) is 3.27. The largest absolute Gasteiger partial charge is 0.422 e. The molecule has 3 rings (SSSR count). The van der Waals surface area contributed by atoms with E-state index in [9.17, 15) is 9.59 Å². The van der Waals surface area contributed by atoms with Gasteiger partial charge in [-0.15, -0.1) is 0 Å². The molecule has 0 bridgehead atoms. The van der Waals surface area contributed by atoms with Crippen LogP contribution < -0.4 is 9.47 Å². The molecule has 0 radical (unpaired) electrons. The average Bonchev–Trinajstić information content (AvgIpc) is 2.70. The Kier molecular flexibility index (Phi) is 5.83. The molecular formula is C25H24O4. The van der Waals surface area contributed by atoms with Crippen LogP contribution in [0.5, 0.6) is 11.5 Å². The van der Waals surface area contributed by atoms with E-state index in [1.54, 1.807) is 13.8 Å². The minimum Gasteiger partial charge on any atom is -0.422 e. The van der Waals surface area contributed by atoms with Crippen LogP contribution in [0, 0.1) is 0 Å².